The predicted octanol–water partition coefficient (Wildman–Crippen LogP) is 3.77. The van der Waals surface area contributed by atoms with Crippen molar-refractivity contribution in [3.8, 4) is 0 Å². The second kappa shape index (κ2) is 6.38. The summed E-state index contributed by atoms with van der Waals surface area (Å²) in [5.74, 6) is 1.53. The van der Waals surface area contributed by atoms with Gasteiger partial charge in [0.1, 0.15) is 0 Å². The van der Waals surface area contributed by atoms with Gasteiger partial charge in [0.15, 0.2) is 0 Å². The summed E-state index contributed by atoms with van der Waals surface area (Å²) in [4.78, 5) is 0. The molecule has 1 saturated heterocycles. The van der Waals surface area contributed by atoms with Crippen LogP contribution in [0.25, 0.3) is 0 Å². The van der Waals surface area contributed by atoms with Crippen LogP contribution in [-0.2, 0) is 4.74 Å². The average Bonchev–Trinajstić information content (AvgIpc) is 3.16. The van der Waals surface area contributed by atoms with Crippen molar-refractivity contribution in [2.24, 2.45) is 17.3 Å². The lowest BCUT2D eigenvalue weighted by Gasteiger charge is -2.35. The molecule has 2 heteroatoms. The Bertz CT molecular complexity index is 249. The maximum absolute atomic E-state index is 9.95. The van der Waals surface area contributed by atoms with E-state index in [0.29, 0.717) is 12.7 Å². The third-order valence-electron chi connectivity index (χ3n) is 5.10. The minimum atomic E-state index is 0.0928. The van der Waals surface area contributed by atoms with E-state index in [2.05, 4.69) is 13.8 Å². The molecule has 0 radical (unpaired) electrons. The van der Waals surface area contributed by atoms with Crippen LogP contribution in [0.4, 0.5) is 0 Å². The number of hydrogen-bond acceptors (Lipinski definition) is 2. The first-order chi connectivity index (χ1) is 8.75. The summed E-state index contributed by atoms with van der Waals surface area (Å²) in [5, 5.41) is 9.95. The average molecular weight is 254 g/mol. The van der Waals surface area contributed by atoms with Gasteiger partial charge in [-0.25, -0.2) is 0 Å². The first-order valence-corrected chi connectivity index (χ1v) is 7.98. The molecule has 0 aromatic heterocycles. The van der Waals surface area contributed by atoms with Gasteiger partial charge >= 0.3 is 0 Å². The van der Waals surface area contributed by atoms with Gasteiger partial charge in [-0.05, 0) is 37.5 Å². The molecule has 1 N–H and O–H groups in total. The molecule has 0 bridgehead atoms. The van der Waals surface area contributed by atoms with E-state index in [4.69, 9.17) is 4.74 Å². The standard InChI is InChI=1S/C16H30O2/c1-3-5-6-13(4-2)11-16(12-17)9-10-18-15(16)14-7-8-14/h13-15,17H,3-12H2,1-2H3. The Hall–Kier alpha value is -0.0800. The number of aliphatic hydroxyl groups excluding tert-OH is 1. The van der Waals surface area contributed by atoms with Crippen molar-refractivity contribution in [1.82, 2.24) is 0 Å². The molecule has 2 aliphatic rings. The third kappa shape index (κ3) is 3.08. The molecule has 18 heavy (non-hydrogen) atoms. The highest BCUT2D eigenvalue weighted by molar-refractivity contribution is 5.00. The van der Waals surface area contributed by atoms with Crippen LogP contribution in [0.2, 0.25) is 0 Å². The van der Waals surface area contributed by atoms with Crippen LogP contribution in [-0.4, -0.2) is 24.4 Å². The van der Waals surface area contributed by atoms with Crippen molar-refractivity contribution in [3.05, 3.63) is 0 Å². The fourth-order valence-electron chi connectivity index (χ4n) is 3.71. The van der Waals surface area contributed by atoms with Crippen LogP contribution in [0.3, 0.4) is 0 Å². The second-order valence-electron chi connectivity index (χ2n) is 6.52. The number of unbranched alkanes of at least 4 members (excludes halogenated alkanes) is 1. The van der Waals surface area contributed by atoms with Gasteiger partial charge in [0.2, 0.25) is 0 Å². The molecule has 0 spiro atoms. The molecule has 3 atom stereocenters. The van der Waals surface area contributed by atoms with E-state index in [1.165, 1.54) is 44.9 Å². The Kier molecular flexibility index (Phi) is 5.08. The highest BCUT2D eigenvalue weighted by atomic mass is 16.5. The van der Waals surface area contributed by atoms with E-state index in [1.807, 2.05) is 0 Å². The maximum Gasteiger partial charge on any atom is 0.0682 e. The van der Waals surface area contributed by atoms with Gasteiger partial charge in [-0.1, -0.05) is 39.5 Å². The predicted molar refractivity (Wildman–Crippen MR) is 74.5 cm³/mol. The van der Waals surface area contributed by atoms with Crippen molar-refractivity contribution in [3.63, 3.8) is 0 Å². The zero-order valence-corrected chi connectivity index (χ0v) is 12.2. The molecular formula is C16H30O2. The Labute approximate surface area is 112 Å². The van der Waals surface area contributed by atoms with Crippen molar-refractivity contribution in [2.45, 2.75) is 71.3 Å². The van der Waals surface area contributed by atoms with Crippen LogP contribution in [0, 0.1) is 17.3 Å². The molecule has 0 aromatic carbocycles. The van der Waals surface area contributed by atoms with E-state index in [0.717, 1.165) is 24.9 Å². The molecule has 0 amide bonds. The van der Waals surface area contributed by atoms with Crippen molar-refractivity contribution in [1.29, 1.82) is 0 Å². The Balaban J connectivity index is 1.97. The van der Waals surface area contributed by atoms with E-state index in [9.17, 15) is 5.11 Å². The van der Waals surface area contributed by atoms with Crippen LogP contribution in [0.15, 0.2) is 0 Å². The Morgan fingerprint density at radius 3 is 2.67 bits per heavy atom. The van der Waals surface area contributed by atoms with Crippen molar-refractivity contribution in [2.75, 3.05) is 13.2 Å². The molecule has 1 aliphatic carbocycles. The summed E-state index contributed by atoms with van der Waals surface area (Å²) < 4.78 is 5.97. The monoisotopic (exact) mass is 254 g/mol. The van der Waals surface area contributed by atoms with Crippen LogP contribution in [0.1, 0.15) is 65.2 Å². The minimum absolute atomic E-state index is 0.0928. The van der Waals surface area contributed by atoms with Gasteiger partial charge in [-0.3, -0.25) is 0 Å². The van der Waals surface area contributed by atoms with Crippen LogP contribution >= 0.6 is 0 Å². The number of ether oxygens (including phenoxy) is 1. The molecular weight excluding hydrogens is 224 g/mol. The highest BCUT2D eigenvalue weighted by Crippen LogP contribution is 2.51. The van der Waals surface area contributed by atoms with E-state index in [1.54, 1.807) is 0 Å². The SMILES string of the molecule is CCCCC(CC)CC1(CO)CCOC1C1CC1. The molecule has 3 unspecified atom stereocenters. The smallest absolute Gasteiger partial charge is 0.0682 e. The number of hydrogen-bond donors (Lipinski definition) is 1. The quantitative estimate of drug-likeness (QED) is 0.714. The highest BCUT2D eigenvalue weighted by Gasteiger charge is 2.51. The normalized spacial score (nSPS) is 33.8. The summed E-state index contributed by atoms with van der Waals surface area (Å²) in [5.41, 5.74) is 0.0928. The number of rotatable bonds is 8. The summed E-state index contributed by atoms with van der Waals surface area (Å²) in [6.07, 6.45) is 10.4. The molecule has 2 nitrogen and oxygen atoms in total. The van der Waals surface area contributed by atoms with Crippen molar-refractivity contribution < 1.29 is 9.84 Å². The number of aliphatic hydroxyl groups is 1. The lowest BCUT2D eigenvalue weighted by Crippen LogP contribution is -2.38. The van der Waals surface area contributed by atoms with Gasteiger partial charge in [-0.2, -0.15) is 0 Å². The topological polar surface area (TPSA) is 29.5 Å². The zero-order valence-electron chi connectivity index (χ0n) is 12.2. The molecule has 106 valence electrons. The lowest BCUT2D eigenvalue weighted by molar-refractivity contribution is -0.0141. The zero-order chi connectivity index (χ0) is 13.0. The lowest BCUT2D eigenvalue weighted by atomic mass is 9.71. The fourth-order valence-corrected chi connectivity index (χ4v) is 3.71. The molecule has 1 saturated carbocycles. The Morgan fingerprint density at radius 2 is 2.11 bits per heavy atom. The molecule has 1 heterocycles. The van der Waals surface area contributed by atoms with Crippen LogP contribution in [0.5, 0.6) is 0 Å². The van der Waals surface area contributed by atoms with Gasteiger partial charge in [-0.15, -0.1) is 0 Å². The summed E-state index contributed by atoms with van der Waals surface area (Å²) >= 11 is 0. The molecule has 2 rings (SSSR count). The largest absolute Gasteiger partial charge is 0.396 e. The van der Waals surface area contributed by atoms with Gasteiger partial charge < -0.3 is 9.84 Å². The molecule has 1 aliphatic heterocycles. The second-order valence-corrected chi connectivity index (χ2v) is 6.52. The fraction of sp³-hybridized carbons (Fsp3) is 1.00. The Morgan fingerprint density at radius 1 is 1.33 bits per heavy atom. The molecule has 0 aromatic rings. The first-order valence-electron chi connectivity index (χ1n) is 7.98. The van der Waals surface area contributed by atoms with Crippen LogP contribution < -0.4 is 0 Å². The van der Waals surface area contributed by atoms with Gasteiger partial charge in [0, 0.05) is 12.0 Å². The minimum Gasteiger partial charge on any atom is -0.396 e. The molecule has 2 fully saturated rings. The van der Waals surface area contributed by atoms with Gasteiger partial charge in [0.25, 0.3) is 0 Å². The summed E-state index contributed by atoms with van der Waals surface area (Å²) in [7, 11) is 0. The maximum atomic E-state index is 9.95. The van der Waals surface area contributed by atoms with E-state index < -0.39 is 0 Å². The summed E-state index contributed by atoms with van der Waals surface area (Å²) in [6, 6.07) is 0. The van der Waals surface area contributed by atoms with E-state index >= 15 is 0 Å². The summed E-state index contributed by atoms with van der Waals surface area (Å²) in [6.45, 7) is 5.76. The first kappa shape index (κ1) is 14.3. The van der Waals surface area contributed by atoms with Gasteiger partial charge in [0.05, 0.1) is 12.7 Å². The van der Waals surface area contributed by atoms with E-state index in [-0.39, 0.29) is 5.41 Å². The third-order valence-corrected chi connectivity index (χ3v) is 5.10. The van der Waals surface area contributed by atoms with Crippen molar-refractivity contribution >= 4 is 0 Å².